The summed E-state index contributed by atoms with van der Waals surface area (Å²) in [7, 11) is 0. The molecule has 0 fully saturated rings. The first-order valence-corrected chi connectivity index (χ1v) is 12.6. The first kappa shape index (κ1) is 25.5. The molecule has 0 unspecified atom stereocenters. The molecule has 1 atom stereocenters. The Kier molecular flexibility index (Phi) is 9.24. The van der Waals surface area contributed by atoms with Crippen LogP contribution in [-0.4, -0.2) is 25.0 Å². The molecule has 8 heteroatoms. The SMILES string of the molecule is CCCCn1c(CCC(=O)N[C@@H](CCC)c2ccccc2)nc2c1c(=O)[nH]c(=O)n2CCCC. The van der Waals surface area contributed by atoms with Crippen molar-refractivity contribution in [1.82, 2.24) is 24.4 Å². The fourth-order valence-electron chi connectivity index (χ4n) is 4.28. The Morgan fingerprint density at radius 1 is 1.00 bits per heavy atom. The molecule has 1 aromatic carbocycles. The Bertz CT molecular complexity index is 1190. The van der Waals surface area contributed by atoms with Crippen molar-refractivity contribution in [2.75, 3.05) is 0 Å². The van der Waals surface area contributed by atoms with Crippen molar-refractivity contribution in [3.63, 3.8) is 0 Å². The van der Waals surface area contributed by atoms with E-state index in [2.05, 4.69) is 31.1 Å². The average molecular weight is 468 g/mol. The predicted octanol–water partition coefficient (Wildman–Crippen LogP) is 4.08. The van der Waals surface area contributed by atoms with Crippen molar-refractivity contribution in [2.24, 2.45) is 0 Å². The number of benzene rings is 1. The highest BCUT2D eigenvalue weighted by Gasteiger charge is 2.20. The van der Waals surface area contributed by atoms with E-state index >= 15 is 0 Å². The zero-order chi connectivity index (χ0) is 24.5. The number of nitrogens with one attached hydrogen (secondary N) is 2. The van der Waals surface area contributed by atoms with Gasteiger partial charge in [-0.1, -0.05) is 70.4 Å². The topological polar surface area (TPSA) is 102 Å². The Balaban J connectivity index is 1.86. The smallest absolute Gasteiger partial charge is 0.330 e. The highest BCUT2D eigenvalue weighted by molar-refractivity contribution is 5.77. The van der Waals surface area contributed by atoms with Gasteiger partial charge in [-0.3, -0.25) is 19.1 Å². The van der Waals surface area contributed by atoms with Crippen LogP contribution in [0.5, 0.6) is 0 Å². The van der Waals surface area contributed by atoms with E-state index in [0.29, 0.717) is 36.5 Å². The summed E-state index contributed by atoms with van der Waals surface area (Å²) in [5.41, 5.74) is 1.09. The van der Waals surface area contributed by atoms with E-state index < -0.39 is 11.2 Å². The number of amides is 1. The summed E-state index contributed by atoms with van der Waals surface area (Å²) in [5.74, 6) is 0.625. The van der Waals surface area contributed by atoms with Gasteiger partial charge in [0.2, 0.25) is 5.91 Å². The van der Waals surface area contributed by atoms with Gasteiger partial charge in [-0.15, -0.1) is 0 Å². The van der Waals surface area contributed by atoms with Crippen LogP contribution in [-0.2, 0) is 24.3 Å². The number of aryl methyl sites for hydroxylation is 3. The van der Waals surface area contributed by atoms with Gasteiger partial charge in [-0.25, -0.2) is 9.78 Å². The number of aromatic nitrogens is 4. The zero-order valence-electron chi connectivity index (χ0n) is 20.6. The molecule has 8 nitrogen and oxygen atoms in total. The third-order valence-electron chi connectivity index (χ3n) is 6.13. The van der Waals surface area contributed by atoms with Crippen LogP contribution >= 0.6 is 0 Å². The molecular weight excluding hydrogens is 430 g/mol. The van der Waals surface area contributed by atoms with Crippen LogP contribution in [0.4, 0.5) is 0 Å². The summed E-state index contributed by atoms with van der Waals surface area (Å²) in [4.78, 5) is 45.2. The van der Waals surface area contributed by atoms with E-state index in [1.54, 1.807) is 4.57 Å². The van der Waals surface area contributed by atoms with Crippen LogP contribution in [0.3, 0.4) is 0 Å². The molecule has 0 saturated carbocycles. The van der Waals surface area contributed by atoms with Gasteiger partial charge >= 0.3 is 5.69 Å². The number of unbranched alkanes of at least 4 members (excludes halogenated alkanes) is 2. The Hall–Kier alpha value is -3.16. The summed E-state index contributed by atoms with van der Waals surface area (Å²) >= 11 is 0. The maximum Gasteiger partial charge on any atom is 0.330 e. The quantitative estimate of drug-likeness (QED) is 0.395. The number of aromatic amines is 1. The normalized spacial score (nSPS) is 12.2. The summed E-state index contributed by atoms with van der Waals surface area (Å²) in [6, 6.07) is 9.97. The summed E-state index contributed by atoms with van der Waals surface area (Å²) in [6.07, 6.45) is 6.08. The molecule has 34 heavy (non-hydrogen) atoms. The number of carbonyl (C=O) groups is 1. The van der Waals surface area contributed by atoms with E-state index in [9.17, 15) is 14.4 Å². The lowest BCUT2D eigenvalue weighted by Gasteiger charge is -2.18. The second-order valence-electron chi connectivity index (χ2n) is 8.79. The molecule has 0 aliphatic carbocycles. The van der Waals surface area contributed by atoms with Crippen molar-refractivity contribution in [3.8, 4) is 0 Å². The highest BCUT2D eigenvalue weighted by Crippen LogP contribution is 2.19. The van der Waals surface area contributed by atoms with Gasteiger partial charge in [0, 0.05) is 25.9 Å². The third kappa shape index (κ3) is 6.04. The molecule has 184 valence electrons. The number of carbonyl (C=O) groups excluding carboxylic acids is 1. The molecule has 0 aliphatic rings. The van der Waals surface area contributed by atoms with Gasteiger partial charge in [-0.05, 0) is 24.8 Å². The maximum absolute atomic E-state index is 12.9. The predicted molar refractivity (Wildman–Crippen MR) is 135 cm³/mol. The molecule has 0 saturated heterocycles. The van der Waals surface area contributed by atoms with Gasteiger partial charge in [0.1, 0.15) is 5.82 Å². The Labute approximate surface area is 200 Å². The number of rotatable bonds is 13. The number of nitrogens with zero attached hydrogens (tertiary/aromatic N) is 3. The molecule has 2 aromatic heterocycles. The van der Waals surface area contributed by atoms with Gasteiger partial charge in [0.25, 0.3) is 5.56 Å². The molecule has 3 rings (SSSR count). The van der Waals surface area contributed by atoms with Gasteiger partial charge in [-0.2, -0.15) is 0 Å². The molecule has 0 radical (unpaired) electrons. The standard InChI is InChI=1S/C26H37N5O3/c1-4-7-17-30-21(28-24-23(30)25(33)29-26(34)31(24)18-8-5-2)15-16-22(32)27-20(12-6-3)19-13-10-9-11-14-19/h9-11,13-14,20H,4-8,12,15-18H2,1-3H3,(H,27,32)(H,29,33,34)/t20-/m0/s1. The minimum atomic E-state index is -0.430. The van der Waals surface area contributed by atoms with Crippen LogP contribution < -0.4 is 16.6 Å². The van der Waals surface area contributed by atoms with Crippen LogP contribution in [0, 0.1) is 0 Å². The van der Waals surface area contributed by atoms with Gasteiger partial charge in [0.15, 0.2) is 11.2 Å². The van der Waals surface area contributed by atoms with Crippen LogP contribution in [0.1, 0.15) is 83.1 Å². The number of hydrogen-bond donors (Lipinski definition) is 2. The van der Waals surface area contributed by atoms with E-state index in [1.165, 1.54) is 0 Å². The van der Waals surface area contributed by atoms with Crippen molar-refractivity contribution >= 4 is 17.1 Å². The number of imidazole rings is 1. The van der Waals surface area contributed by atoms with E-state index in [4.69, 9.17) is 4.98 Å². The van der Waals surface area contributed by atoms with Crippen molar-refractivity contribution < 1.29 is 4.79 Å². The third-order valence-corrected chi connectivity index (χ3v) is 6.13. The number of hydrogen-bond acceptors (Lipinski definition) is 4. The number of H-pyrrole nitrogens is 1. The van der Waals surface area contributed by atoms with E-state index in [-0.39, 0.29) is 18.4 Å². The molecule has 1 amide bonds. The first-order chi connectivity index (χ1) is 16.5. The monoisotopic (exact) mass is 467 g/mol. The molecule has 2 heterocycles. The van der Waals surface area contributed by atoms with E-state index in [0.717, 1.165) is 44.1 Å². The maximum atomic E-state index is 12.9. The lowest BCUT2D eigenvalue weighted by atomic mass is 10.0. The highest BCUT2D eigenvalue weighted by atomic mass is 16.2. The van der Waals surface area contributed by atoms with Crippen LogP contribution in [0.15, 0.2) is 39.9 Å². The fourth-order valence-corrected chi connectivity index (χ4v) is 4.28. The molecule has 2 N–H and O–H groups in total. The van der Waals surface area contributed by atoms with Crippen molar-refractivity contribution in [2.45, 2.75) is 91.3 Å². The van der Waals surface area contributed by atoms with Crippen molar-refractivity contribution in [3.05, 3.63) is 62.6 Å². The zero-order valence-corrected chi connectivity index (χ0v) is 20.6. The first-order valence-electron chi connectivity index (χ1n) is 12.6. The Morgan fingerprint density at radius 3 is 2.32 bits per heavy atom. The minimum Gasteiger partial charge on any atom is -0.349 e. The second kappa shape index (κ2) is 12.3. The largest absolute Gasteiger partial charge is 0.349 e. The lowest BCUT2D eigenvalue weighted by Crippen LogP contribution is -2.31. The van der Waals surface area contributed by atoms with Crippen LogP contribution in [0.2, 0.25) is 0 Å². The summed E-state index contributed by atoms with van der Waals surface area (Å²) < 4.78 is 3.45. The molecule has 0 spiro atoms. The summed E-state index contributed by atoms with van der Waals surface area (Å²) in [6.45, 7) is 7.38. The molecule has 3 aromatic rings. The van der Waals surface area contributed by atoms with Crippen molar-refractivity contribution in [1.29, 1.82) is 0 Å². The molecule has 0 aliphatic heterocycles. The summed E-state index contributed by atoms with van der Waals surface area (Å²) in [5, 5.41) is 3.16. The molecular formula is C26H37N5O3. The average Bonchev–Trinajstić information content (AvgIpc) is 3.20. The molecule has 0 bridgehead atoms. The number of fused-ring (bicyclic) bond motifs is 1. The lowest BCUT2D eigenvalue weighted by molar-refractivity contribution is -0.121. The second-order valence-corrected chi connectivity index (χ2v) is 8.79. The van der Waals surface area contributed by atoms with Gasteiger partial charge in [0.05, 0.1) is 6.04 Å². The van der Waals surface area contributed by atoms with Crippen LogP contribution in [0.25, 0.3) is 11.2 Å². The van der Waals surface area contributed by atoms with E-state index in [1.807, 2.05) is 34.9 Å². The fraction of sp³-hybridized carbons (Fsp3) is 0.538. The Morgan fingerprint density at radius 2 is 1.68 bits per heavy atom. The van der Waals surface area contributed by atoms with Gasteiger partial charge < -0.3 is 9.88 Å². The minimum absolute atomic E-state index is 0.0281.